The summed E-state index contributed by atoms with van der Waals surface area (Å²) in [6.07, 6.45) is 0. The third-order valence-electron chi connectivity index (χ3n) is 3.90. The average molecular weight is 404 g/mol. The van der Waals surface area contributed by atoms with Crippen LogP contribution in [0.3, 0.4) is 0 Å². The highest BCUT2D eigenvalue weighted by molar-refractivity contribution is 7.99. The van der Waals surface area contributed by atoms with Crippen LogP contribution < -0.4 is 9.47 Å². The van der Waals surface area contributed by atoms with Gasteiger partial charge in [0.2, 0.25) is 0 Å². The fraction of sp³-hybridized carbons (Fsp3) is 0.300. The van der Waals surface area contributed by atoms with Gasteiger partial charge >= 0.3 is 0 Å². The summed E-state index contributed by atoms with van der Waals surface area (Å²) in [6.45, 7) is 5.06. The van der Waals surface area contributed by atoms with Crippen molar-refractivity contribution in [1.82, 2.24) is 14.8 Å². The average Bonchev–Trinajstić information content (AvgIpc) is 2.97. The summed E-state index contributed by atoms with van der Waals surface area (Å²) in [5.74, 6) is 3.07. The van der Waals surface area contributed by atoms with Gasteiger partial charge in [-0.1, -0.05) is 41.6 Å². The van der Waals surface area contributed by atoms with Crippen molar-refractivity contribution < 1.29 is 9.47 Å². The van der Waals surface area contributed by atoms with E-state index in [9.17, 15) is 0 Å². The van der Waals surface area contributed by atoms with Crippen molar-refractivity contribution in [3.8, 4) is 11.5 Å². The molecule has 0 unspecified atom stereocenters. The Morgan fingerprint density at radius 2 is 1.78 bits per heavy atom. The number of thioether (sulfide) groups is 1. The van der Waals surface area contributed by atoms with Crippen LogP contribution >= 0.6 is 23.4 Å². The number of hydrogen-bond donors (Lipinski definition) is 0. The van der Waals surface area contributed by atoms with Crippen LogP contribution in [0.25, 0.3) is 0 Å². The Labute approximate surface area is 168 Å². The molecule has 0 amide bonds. The standard InChI is InChI=1S/C20H22ClN3O2S/c1-14-10-15(2)12-16(11-14)25-8-9-27-20-23-22-19(24(20)3)13-26-18-7-5-4-6-17(18)21/h4-7,10-12H,8-9,13H2,1-3H3. The quantitative estimate of drug-likeness (QED) is 0.398. The number of benzene rings is 2. The molecule has 2 aromatic carbocycles. The molecule has 0 bridgehead atoms. The van der Waals surface area contributed by atoms with E-state index in [1.54, 1.807) is 17.8 Å². The minimum atomic E-state index is 0.312. The summed E-state index contributed by atoms with van der Waals surface area (Å²) < 4.78 is 13.5. The van der Waals surface area contributed by atoms with Crippen molar-refractivity contribution in [2.45, 2.75) is 25.6 Å². The van der Waals surface area contributed by atoms with Gasteiger partial charge in [-0.3, -0.25) is 0 Å². The van der Waals surface area contributed by atoms with Gasteiger partial charge in [0.15, 0.2) is 11.0 Å². The summed E-state index contributed by atoms with van der Waals surface area (Å²) in [5.41, 5.74) is 2.41. The summed E-state index contributed by atoms with van der Waals surface area (Å²) in [5, 5.41) is 9.85. The first-order chi connectivity index (χ1) is 13.0. The molecule has 0 aliphatic carbocycles. The Kier molecular flexibility index (Phi) is 6.63. The lowest BCUT2D eigenvalue weighted by atomic mass is 10.1. The van der Waals surface area contributed by atoms with Crippen LogP contribution in [-0.2, 0) is 13.7 Å². The number of nitrogens with zero attached hydrogens (tertiary/aromatic N) is 3. The van der Waals surface area contributed by atoms with Gasteiger partial charge in [-0.25, -0.2) is 0 Å². The number of halogens is 1. The van der Waals surface area contributed by atoms with Gasteiger partial charge in [0, 0.05) is 12.8 Å². The second-order valence-electron chi connectivity index (χ2n) is 6.20. The molecule has 5 nitrogen and oxygen atoms in total. The molecule has 3 rings (SSSR count). The summed E-state index contributed by atoms with van der Waals surface area (Å²) in [6, 6.07) is 13.6. The van der Waals surface area contributed by atoms with Gasteiger partial charge in [-0.15, -0.1) is 10.2 Å². The minimum Gasteiger partial charge on any atom is -0.493 e. The van der Waals surface area contributed by atoms with Crippen LogP contribution in [0.15, 0.2) is 47.6 Å². The molecule has 1 aromatic heterocycles. The van der Waals surface area contributed by atoms with Crippen LogP contribution in [0.5, 0.6) is 11.5 Å². The predicted octanol–water partition coefficient (Wildman–Crippen LogP) is 4.84. The van der Waals surface area contributed by atoms with Crippen molar-refractivity contribution in [2.75, 3.05) is 12.4 Å². The maximum Gasteiger partial charge on any atom is 0.191 e. The number of ether oxygens (including phenoxy) is 2. The number of rotatable bonds is 8. The summed E-state index contributed by atoms with van der Waals surface area (Å²) >= 11 is 7.71. The predicted molar refractivity (Wildman–Crippen MR) is 109 cm³/mol. The Morgan fingerprint density at radius 1 is 1.04 bits per heavy atom. The Bertz CT molecular complexity index is 894. The van der Waals surface area contributed by atoms with Gasteiger partial charge in [-0.2, -0.15) is 0 Å². The monoisotopic (exact) mass is 403 g/mol. The fourth-order valence-corrected chi connectivity index (χ4v) is 3.55. The number of hydrogen-bond acceptors (Lipinski definition) is 5. The van der Waals surface area contributed by atoms with E-state index >= 15 is 0 Å². The number of para-hydroxylation sites is 1. The largest absolute Gasteiger partial charge is 0.493 e. The summed E-state index contributed by atoms with van der Waals surface area (Å²) in [7, 11) is 1.93. The zero-order valence-corrected chi connectivity index (χ0v) is 17.2. The van der Waals surface area contributed by atoms with Gasteiger partial charge in [0.05, 0.1) is 11.6 Å². The molecule has 0 fully saturated rings. The van der Waals surface area contributed by atoms with E-state index in [-0.39, 0.29) is 0 Å². The van der Waals surface area contributed by atoms with E-state index < -0.39 is 0 Å². The van der Waals surface area contributed by atoms with Crippen molar-refractivity contribution in [3.63, 3.8) is 0 Å². The van der Waals surface area contributed by atoms with E-state index in [4.69, 9.17) is 21.1 Å². The first-order valence-electron chi connectivity index (χ1n) is 8.62. The Balaban J connectivity index is 1.49. The molecule has 0 N–H and O–H groups in total. The maximum atomic E-state index is 6.10. The fourth-order valence-electron chi connectivity index (χ4n) is 2.61. The van der Waals surface area contributed by atoms with Crippen molar-refractivity contribution in [1.29, 1.82) is 0 Å². The molecular formula is C20H22ClN3O2S. The molecule has 0 aliphatic heterocycles. The smallest absolute Gasteiger partial charge is 0.191 e. The van der Waals surface area contributed by atoms with Crippen LogP contribution in [0.4, 0.5) is 0 Å². The zero-order chi connectivity index (χ0) is 19.2. The zero-order valence-electron chi connectivity index (χ0n) is 15.6. The van der Waals surface area contributed by atoms with Gasteiger partial charge in [0.25, 0.3) is 0 Å². The highest BCUT2D eigenvalue weighted by atomic mass is 35.5. The highest BCUT2D eigenvalue weighted by Gasteiger charge is 2.11. The molecule has 3 aromatic rings. The third-order valence-corrected chi connectivity index (χ3v) is 5.19. The second kappa shape index (κ2) is 9.15. The van der Waals surface area contributed by atoms with Gasteiger partial charge in [-0.05, 0) is 49.2 Å². The molecule has 7 heteroatoms. The molecule has 0 atom stereocenters. The van der Waals surface area contributed by atoms with E-state index in [2.05, 4.69) is 30.1 Å². The molecule has 0 saturated carbocycles. The summed E-state index contributed by atoms with van der Waals surface area (Å²) in [4.78, 5) is 0. The lowest BCUT2D eigenvalue weighted by molar-refractivity contribution is 0.290. The lowest BCUT2D eigenvalue weighted by Gasteiger charge is -2.09. The number of aryl methyl sites for hydroxylation is 2. The first kappa shape index (κ1) is 19.6. The molecular weight excluding hydrogens is 382 g/mol. The third kappa shape index (κ3) is 5.40. The molecule has 0 aliphatic rings. The van der Waals surface area contributed by atoms with Crippen LogP contribution in [0.2, 0.25) is 5.02 Å². The van der Waals surface area contributed by atoms with Crippen molar-refractivity contribution in [3.05, 3.63) is 64.4 Å². The van der Waals surface area contributed by atoms with Crippen LogP contribution in [0.1, 0.15) is 17.0 Å². The molecule has 27 heavy (non-hydrogen) atoms. The molecule has 142 valence electrons. The highest BCUT2D eigenvalue weighted by Crippen LogP contribution is 2.24. The normalized spacial score (nSPS) is 10.8. The Hall–Kier alpha value is -2.18. The van der Waals surface area contributed by atoms with Crippen molar-refractivity contribution >= 4 is 23.4 Å². The molecule has 0 radical (unpaired) electrons. The molecule has 0 saturated heterocycles. The second-order valence-corrected chi connectivity index (χ2v) is 7.67. The van der Waals surface area contributed by atoms with E-state index in [1.807, 2.05) is 41.9 Å². The number of aromatic nitrogens is 3. The maximum absolute atomic E-state index is 6.10. The molecule has 0 spiro atoms. The van der Waals surface area contributed by atoms with Crippen molar-refractivity contribution in [2.24, 2.45) is 7.05 Å². The SMILES string of the molecule is Cc1cc(C)cc(OCCSc2nnc(COc3ccccc3Cl)n2C)c1. The van der Waals surface area contributed by atoms with Gasteiger partial charge in [0.1, 0.15) is 18.1 Å². The Morgan fingerprint density at radius 3 is 2.52 bits per heavy atom. The lowest BCUT2D eigenvalue weighted by Crippen LogP contribution is -2.05. The van der Waals surface area contributed by atoms with E-state index in [0.717, 1.165) is 22.5 Å². The topological polar surface area (TPSA) is 49.2 Å². The van der Waals surface area contributed by atoms with E-state index in [0.29, 0.717) is 24.0 Å². The molecule has 1 heterocycles. The first-order valence-corrected chi connectivity index (χ1v) is 9.99. The van der Waals surface area contributed by atoms with Crippen LogP contribution in [-0.4, -0.2) is 27.1 Å². The van der Waals surface area contributed by atoms with Crippen LogP contribution in [0, 0.1) is 13.8 Å². The van der Waals surface area contributed by atoms with E-state index in [1.165, 1.54) is 11.1 Å². The minimum absolute atomic E-state index is 0.312. The van der Waals surface area contributed by atoms with Gasteiger partial charge < -0.3 is 14.0 Å².